The molecule has 0 aromatic heterocycles. The van der Waals surface area contributed by atoms with Gasteiger partial charge in [0.25, 0.3) is 0 Å². The highest BCUT2D eigenvalue weighted by Gasteiger charge is 2.33. The Hall–Kier alpha value is -2.80. The van der Waals surface area contributed by atoms with Crippen LogP contribution in [-0.4, -0.2) is 44.3 Å². The maximum absolute atomic E-state index is 13.8. The Morgan fingerprint density at radius 1 is 1.23 bits per heavy atom. The van der Waals surface area contributed by atoms with Gasteiger partial charge in [0, 0.05) is 25.7 Å². The van der Waals surface area contributed by atoms with Crippen molar-refractivity contribution in [1.29, 1.82) is 0 Å². The van der Waals surface area contributed by atoms with Gasteiger partial charge in [-0.25, -0.2) is 9.18 Å². The minimum atomic E-state index is -0.247. The maximum Gasteiger partial charge on any atom is 0.315 e. The fourth-order valence-corrected chi connectivity index (χ4v) is 4.24. The van der Waals surface area contributed by atoms with E-state index in [0.717, 1.165) is 30.5 Å². The van der Waals surface area contributed by atoms with Gasteiger partial charge in [-0.1, -0.05) is 19.1 Å². The first kappa shape index (κ1) is 22.9. The van der Waals surface area contributed by atoms with Crippen LogP contribution in [-0.2, 0) is 13.0 Å². The van der Waals surface area contributed by atoms with E-state index in [4.69, 9.17) is 9.47 Å². The average Bonchev–Trinajstić information content (AvgIpc) is 2.76. The molecule has 0 radical (unpaired) electrons. The molecule has 2 atom stereocenters. The van der Waals surface area contributed by atoms with Crippen molar-refractivity contribution in [3.63, 3.8) is 0 Å². The average molecular weight is 430 g/mol. The molecule has 3 rings (SSSR count). The third-order valence-corrected chi connectivity index (χ3v) is 5.67. The normalized spacial score (nSPS) is 16.9. The largest absolute Gasteiger partial charge is 0.493 e. The molecule has 2 unspecified atom stereocenters. The predicted octanol–water partition coefficient (Wildman–Crippen LogP) is 4.04. The van der Waals surface area contributed by atoms with E-state index in [1.54, 1.807) is 26.4 Å². The van der Waals surface area contributed by atoms with E-state index in [1.165, 1.54) is 11.6 Å². The number of hydrogen-bond donors (Lipinski definition) is 2. The van der Waals surface area contributed by atoms with E-state index in [9.17, 15) is 9.18 Å². The van der Waals surface area contributed by atoms with Crippen molar-refractivity contribution < 1.29 is 18.7 Å². The highest BCUT2D eigenvalue weighted by atomic mass is 19.1. The molecule has 7 heteroatoms. The van der Waals surface area contributed by atoms with Crippen molar-refractivity contribution in [3.8, 4) is 11.5 Å². The summed E-state index contributed by atoms with van der Waals surface area (Å²) < 4.78 is 24.8. The van der Waals surface area contributed by atoms with Crippen molar-refractivity contribution >= 4 is 6.03 Å². The Balaban J connectivity index is 1.94. The van der Waals surface area contributed by atoms with Crippen LogP contribution in [0.1, 0.15) is 43.0 Å². The fraction of sp³-hybridized carbons (Fsp3) is 0.458. The summed E-state index contributed by atoms with van der Waals surface area (Å²) in [7, 11) is 3.25. The molecule has 2 N–H and O–H groups in total. The summed E-state index contributed by atoms with van der Waals surface area (Å²) >= 11 is 0. The van der Waals surface area contributed by atoms with Gasteiger partial charge in [-0.3, -0.25) is 4.90 Å². The molecule has 0 saturated carbocycles. The van der Waals surface area contributed by atoms with Crippen LogP contribution in [0.15, 0.2) is 36.4 Å². The lowest BCUT2D eigenvalue weighted by Crippen LogP contribution is -2.50. The van der Waals surface area contributed by atoms with Gasteiger partial charge in [0.15, 0.2) is 11.5 Å². The van der Waals surface area contributed by atoms with Crippen LogP contribution in [0.4, 0.5) is 9.18 Å². The summed E-state index contributed by atoms with van der Waals surface area (Å²) in [5.74, 6) is 1.10. The SMILES string of the molecule is CCCNC(=O)NC(C)C1c2cc(OC)c(OC)cc2CCN1Cc1cccc(F)c1. The van der Waals surface area contributed by atoms with Crippen LogP contribution in [0, 0.1) is 5.82 Å². The van der Waals surface area contributed by atoms with Gasteiger partial charge < -0.3 is 20.1 Å². The molecule has 0 aliphatic carbocycles. The van der Waals surface area contributed by atoms with E-state index in [1.807, 2.05) is 32.0 Å². The Bertz CT molecular complexity index is 906. The van der Waals surface area contributed by atoms with Crippen molar-refractivity contribution in [2.24, 2.45) is 0 Å². The number of benzene rings is 2. The second-order valence-electron chi connectivity index (χ2n) is 7.89. The molecule has 0 bridgehead atoms. The summed E-state index contributed by atoms with van der Waals surface area (Å²) in [6, 6.07) is 10.2. The van der Waals surface area contributed by atoms with Crippen molar-refractivity contribution in [2.75, 3.05) is 27.3 Å². The second kappa shape index (κ2) is 10.5. The lowest BCUT2D eigenvalue weighted by atomic mass is 9.87. The zero-order valence-corrected chi connectivity index (χ0v) is 18.7. The number of carbonyl (C=O) groups is 1. The smallest absolute Gasteiger partial charge is 0.315 e. The molecule has 0 fully saturated rings. The van der Waals surface area contributed by atoms with Gasteiger partial charge >= 0.3 is 6.03 Å². The maximum atomic E-state index is 13.8. The number of halogens is 1. The van der Waals surface area contributed by atoms with E-state index < -0.39 is 0 Å². The second-order valence-corrected chi connectivity index (χ2v) is 7.89. The summed E-state index contributed by atoms with van der Waals surface area (Å²) in [6.45, 7) is 6.00. The van der Waals surface area contributed by atoms with E-state index in [-0.39, 0.29) is 23.9 Å². The van der Waals surface area contributed by atoms with E-state index in [0.29, 0.717) is 24.6 Å². The highest BCUT2D eigenvalue weighted by Crippen LogP contribution is 2.40. The van der Waals surface area contributed by atoms with Gasteiger partial charge in [-0.2, -0.15) is 0 Å². The third-order valence-electron chi connectivity index (χ3n) is 5.67. The molecular formula is C24H32FN3O3. The number of hydrogen-bond acceptors (Lipinski definition) is 4. The molecule has 2 aromatic rings. The van der Waals surface area contributed by atoms with Gasteiger partial charge in [-0.05, 0) is 60.7 Å². The lowest BCUT2D eigenvalue weighted by Gasteiger charge is -2.41. The molecule has 0 spiro atoms. The predicted molar refractivity (Wildman–Crippen MR) is 119 cm³/mol. The van der Waals surface area contributed by atoms with Gasteiger partial charge in [0.1, 0.15) is 5.82 Å². The number of nitrogens with zero attached hydrogens (tertiary/aromatic N) is 1. The first-order valence-corrected chi connectivity index (χ1v) is 10.7. The molecule has 6 nitrogen and oxygen atoms in total. The molecular weight excluding hydrogens is 397 g/mol. The quantitative estimate of drug-likeness (QED) is 0.665. The Labute approximate surface area is 183 Å². The first-order chi connectivity index (χ1) is 15.0. The molecule has 1 aliphatic heterocycles. The zero-order valence-electron chi connectivity index (χ0n) is 18.7. The number of ether oxygens (including phenoxy) is 2. The van der Waals surface area contributed by atoms with E-state index >= 15 is 0 Å². The fourth-order valence-electron chi connectivity index (χ4n) is 4.24. The number of fused-ring (bicyclic) bond motifs is 1. The number of rotatable bonds is 8. The first-order valence-electron chi connectivity index (χ1n) is 10.7. The highest BCUT2D eigenvalue weighted by molar-refractivity contribution is 5.74. The van der Waals surface area contributed by atoms with Crippen LogP contribution in [0.2, 0.25) is 0 Å². The monoisotopic (exact) mass is 429 g/mol. The minimum Gasteiger partial charge on any atom is -0.493 e. The molecule has 0 saturated heterocycles. The van der Waals surface area contributed by atoms with Gasteiger partial charge in [0.05, 0.1) is 20.3 Å². The summed E-state index contributed by atoms with van der Waals surface area (Å²) in [5, 5.41) is 5.96. The van der Waals surface area contributed by atoms with Crippen molar-refractivity contribution in [1.82, 2.24) is 15.5 Å². The number of urea groups is 1. The van der Waals surface area contributed by atoms with Crippen LogP contribution < -0.4 is 20.1 Å². The standard InChI is InChI=1S/C24H32FN3O3/c1-5-10-26-24(29)27-16(2)23-20-14-22(31-4)21(30-3)13-18(20)9-11-28(23)15-17-7-6-8-19(25)12-17/h6-8,12-14,16,23H,5,9-11,15H2,1-4H3,(H2,26,27,29). The van der Waals surface area contributed by atoms with Crippen LogP contribution in [0.3, 0.4) is 0 Å². The third kappa shape index (κ3) is 5.47. The minimum absolute atomic E-state index is 0.0980. The Morgan fingerprint density at radius 3 is 2.65 bits per heavy atom. The molecule has 1 aliphatic rings. The lowest BCUT2D eigenvalue weighted by molar-refractivity contribution is 0.143. The molecule has 2 amide bonds. The molecule has 31 heavy (non-hydrogen) atoms. The number of amides is 2. The number of carbonyl (C=O) groups excluding carboxylic acids is 1. The number of nitrogens with one attached hydrogen (secondary N) is 2. The Kier molecular flexibility index (Phi) is 7.74. The molecule has 1 heterocycles. The zero-order chi connectivity index (χ0) is 22.4. The van der Waals surface area contributed by atoms with Crippen LogP contribution in [0.5, 0.6) is 11.5 Å². The summed E-state index contributed by atoms with van der Waals surface area (Å²) in [6.07, 6.45) is 1.70. The molecule has 2 aromatic carbocycles. The molecule has 168 valence electrons. The van der Waals surface area contributed by atoms with Crippen molar-refractivity contribution in [3.05, 3.63) is 58.9 Å². The van der Waals surface area contributed by atoms with Crippen LogP contribution in [0.25, 0.3) is 0 Å². The van der Waals surface area contributed by atoms with Crippen molar-refractivity contribution in [2.45, 2.75) is 45.3 Å². The number of methoxy groups -OCH3 is 2. The topological polar surface area (TPSA) is 62.8 Å². The van der Waals surface area contributed by atoms with Gasteiger partial charge in [-0.15, -0.1) is 0 Å². The summed E-state index contributed by atoms with van der Waals surface area (Å²) in [4.78, 5) is 14.7. The summed E-state index contributed by atoms with van der Waals surface area (Å²) in [5.41, 5.74) is 3.15. The van der Waals surface area contributed by atoms with E-state index in [2.05, 4.69) is 15.5 Å². The van der Waals surface area contributed by atoms with Crippen LogP contribution >= 0.6 is 0 Å². The van der Waals surface area contributed by atoms with Gasteiger partial charge in [0.2, 0.25) is 0 Å². The Morgan fingerprint density at radius 2 is 1.97 bits per heavy atom.